The van der Waals surface area contributed by atoms with Gasteiger partial charge in [-0.25, -0.2) is 0 Å². The van der Waals surface area contributed by atoms with Crippen LogP contribution in [-0.4, -0.2) is 29.6 Å². The van der Waals surface area contributed by atoms with Gasteiger partial charge in [0.2, 0.25) is 0 Å². The van der Waals surface area contributed by atoms with E-state index < -0.39 is 0 Å². The summed E-state index contributed by atoms with van der Waals surface area (Å²) in [5, 5.41) is 0. The standard InChI is InChI=1S/C9H20N2/c1-7(2)11-5-4-9(10)6-8(11)3/h7-9H,4-6,10H2,1-3H3/t8-,9?/m0/s1. The molecular weight excluding hydrogens is 136 g/mol. The van der Waals surface area contributed by atoms with Crippen LogP contribution >= 0.6 is 0 Å². The summed E-state index contributed by atoms with van der Waals surface area (Å²) in [4.78, 5) is 2.53. The molecule has 0 amide bonds. The Morgan fingerprint density at radius 2 is 2.09 bits per heavy atom. The van der Waals surface area contributed by atoms with Gasteiger partial charge in [-0.2, -0.15) is 0 Å². The van der Waals surface area contributed by atoms with Crippen LogP contribution in [0.5, 0.6) is 0 Å². The zero-order chi connectivity index (χ0) is 8.43. The number of nitrogens with zero attached hydrogens (tertiary/aromatic N) is 1. The molecule has 1 saturated heterocycles. The number of nitrogens with two attached hydrogens (primary N) is 1. The third-order valence-electron chi connectivity index (χ3n) is 2.63. The number of piperidine rings is 1. The highest BCUT2D eigenvalue weighted by molar-refractivity contribution is 4.82. The van der Waals surface area contributed by atoms with Crippen molar-refractivity contribution in [1.29, 1.82) is 0 Å². The molecule has 66 valence electrons. The van der Waals surface area contributed by atoms with Gasteiger partial charge in [0, 0.05) is 24.7 Å². The Bertz CT molecular complexity index is 123. The van der Waals surface area contributed by atoms with Crippen LogP contribution in [0, 0.1) is 0 Å². The van der Waals surface area contributed by atoms with E-state index in [1.807, 2.05) is 0 Å². The van der Waals surface area contributed by atoms with E-state index in [2.05, 4.69) is 25.7 Å². The second-order valence-corrected chi connectivity index (χ2v) is 3.97. The Labute approximate surface area is 69.8 Å². The van der Waals surface area contributed by atoms with Crippen LogP contribution in [0.15, 0.2) is 0 Å². The van der Waals surface area contributed by atoms with Crippen LogP contribution in [0.1, 0.15) is 33.6 Å². The fourth-order valence-electron chi connectivity index (χ4n) is 1.99. The van der Waals surface area contributed by atoms with E-state index in [0.717, 1.165) is 6.42 Å². The van der Waals surface area contributed by atoms with Crippen LogP contribution < -0.4 is 5.73 Å². The summed E-state index contributed by atoms with van der Waals surface area (Å²) in [6, 6.07) is 1.80. The third-order valence-corrected chi connectivity index (χ3v) is 2.63. The van der Waals surface area contributed by atoms with Crippen LogP contribution in [0.3, 0.4) is 0 Å². The highest BCUT2D eigenvalue weighted by Crippen LogP contribution is 2.17. The van der Waals surface area contributed by atoms with Gasteiger partial charge in [0.15, 0.2) is 0 Å². The molecule has 1 fully saturated rings. The molecule has 0 aromatic rings. The Morgan fingerprint density at radius 3 is 2.55 bits per heavy atom. The number of likely N-dealkylation sites (tertiary alicyclic amines) is 1. The van der Waals surface area contributed by atoms with Crippen molar-refractivity contribution in [2.24, 2.45) is 5.73 Å². The summed E-state index contributed by atoms with van der Waals surface area (Å²) in [6.07, 6.45) is 2.33. The van der Waals surface area contributed by atoms with Crippen molar-refractivity contribution in [3.63, 3.8) is 0 Å². The third kappa shape index (κ3) is 2.17. The SMILES string of the molecule is CC(C)N1CCC(N)C[C@@H]1C. The zero-order valence-electron chi connectivity index (χ0n) is 7.88. The molecule has 1 aliphatic heterocycles. The van der Waals surface area contributed by atoms with Crippen molar-refractivity contribution in [1.82, 2.24) is 4.90 Å². The molecule has 0 aromatic heterocycles. The van der Waals surface area contributed by atoms with E-state index in [-0.39, 0.29) is 0 Å². The predicted octanol–water partition coefficient (Wildman–Crippen LogP) is 1.21. The average Bonchev–Trinajstić information content (AvgIpc) is 1.85. The molecule has 0 bridgehead atoms. The van der Waals surface area contributed by atoms with E-state index in [9.17, 15) is 0 Å². The van der Waals surface area contributed by atoms with Crippen LogP contribution in [-0.2, 0) is 0 Å². The van der Waals surface area contributed by atoms with E-state index in [1.54, 1.807) is 0 Å². The largest absolute Gasteiger partial charge is 0.328 e. The molecule has 1 heterocycles. The summed E-state index contributed by atoms with van der Waals surface area (Å²) < 4.78 is 0. The fourth-order valence-corrected chi connectivity index (χ4v) is 1.99. The Morgan fingerprint density at radius 1 is 1.45 bits per heavy atom. The normalized spacial score (nSPS) is 34.6. The van der Waals surface area contributed by atoms with E-state index in [0.29, 0.717) is 18.1 Å². The van der Waals surface area contributed by atoms with Crippen LogP contribution in [0.4, 0.5) is 0 Å². The van der Waals surface area contributed by atoms with Crippen LogP contribution in [0.25, 0.3) is 0 Å². The maximum Gasteiger partial charge on any atom is 0.00843 e. The second kappa shape index (κ2) is 3.55. The molecule has 1 aliphatic rings. The van der Waals surface area contributed by atoms with Crippen molar-refractivity contribution in [3.05, 3.63) is 0 Å². The topological polar surface area (TPSA) is 29.3 Å². The van der Waals surface area contributed by atoms with Gasteiger partial charge in [-0.15, -0.1) is 0 Å². The van der Waals surface area contributed by atoms with Crippen LogP contribution in [0.2, 0.25) is 0 Å². The molecular formula is C9H20N2. The summed E-state index contributed by atoms with van der Waals surface area (Å²) in [5.41, 5.74) is 5.86. The van der Waals surface area contributed by atoms with E-state index in [1.165, 1.54) is 13.0 Å². The minimum absolute atomic E-state index is 0.444. The Hall–Kier alpha value is -0.0800. The van der Waals surface area contributed by atoms with Gasteiger partial charge in [0.05, 0.1) is 0 Å². The first-order valence-corrected chi connectivity index (χ1v) is 4.62. The van der Waals surface area contributed by atoms with Crippen molar-refractivity contribution in [3.8, 4) is 0 Å². The van der Waals surface area contributed by atoms with Crippen molar-refractivity contribution >= 4 is 0 Å². The second-order valence-electron chi connectivity index (χ2n) is 3.97. The molecule has 2 nitrogen and oxygen atoms in total. The van der Waals surface area contributed by atoms with Gasteiger partial charge in [0.1, 0.15) is 0 Å². The number of hydrogen-bond donors (Lipinski definition) is 1. The highest BCUT2D eigenvalue weighted by Gasteiger charge is 2.24. The summed E-state index contributed by atoms with van der Waals surface area (Å²) >= 11 is 0. The lowest BCUT2D eigenvalue weighted by Crippen LogP contribution is -2.48. The zero-order valence-corrected chi connectivity index (χ0v) is 7.88. The monoisotopic (exact) mass is 156 g/mol. The molecule has 1 unspecified atom stereocenters. The molecule has 2 N–H and O–H groups in total. The maximum atomic E-state index is 5.86. The van der Waals surface area contributed by atoms with E-state index in [4.69, 9.17) is 5.73 Å². The molecule has 0 saturated carbocycles. The van der Waals surface area contributed by atoms with E-state index >= 15 is 0 Å². The minimum Gasteiger partial charge on any atom is -0.328 e. The van der Waals surface area contributed by atoms with Crippen molar-refractivity contribution in [2.75, 3.05) is 6.54 Å². The molecule has 11 heavy (non-hydrogen) atoms. The first-order valence-electron chi connectivity index (χ1n) is 4.62. The summed E-state index contributed by atoms with van der Waals surface area (Å²) in [5.74, 6) is 0. The lowest BCUT2D eigenvalue weighted by Gasteiger charge is -2.39. The highest BCUT2D eigenvalue weighted by atomic mass is 15.2. The van der Waals surface area contributed by atoms with Crippen molar-refractivity contribution < 1.29 is 0 Å². The lowest BCUT2D eigenvalue weighted by atomic mass is 9.98. The molecule has 0 radical (unpaired) electrons. The molecule has 2 heteroatoms. The van der Waals surface area contributed by atoms with Gasteiger partial charge in [-0.1, -0.05) is 0 Å². The predicted molar refractivity (Wildman–Crippen MR) is 48.5 cm³/mol. The van der Waals surface area contributed by atoms with Gasteiger partial charge < -0.3 is 5.73 Å². The number of rotatable bonds is 1. The van der Waals surface area contributed by atoms with Gasteiger partial charge in [-0.05, 0) is 33.6 Å². The Kier molecular flexibility index (Phi) is 2.90. The lowest BCUT2D eigenvalue weighted by molar-refractivity contribution is 0.113. The fraction of sp³-hybridized carbons (Fsp3) is 1.00. The smallest absolute Gasteiger partial charge is 0.00843 e. The maximum absolute atomic E-state index is 5.86. The molecule has 0 spiro atoms. The van der Waals surface area contributed by atoms with Crippen molar-refractivity contribution in [2.45, 2.75) is 51.7 Å². The molecule has 0 aromatic carbocycles. The molecule has 2 atom stereocenters. The summed E-state index contributed by atoms with van der Waals surface area (Å²) in [7, 11) is 0. The number of hydrogen-bond acceptors (Lipinski definition) is 2. The summed E-state index contributed by atoms with van der Waals surface area (Å²) in [6.45, 7) is 7.97. The molecule has 0 aliphatic carbocycles. The molecule has 1 rings (SSSR count). The van der Waals surface area contributed by atoms with Gasteiger partial charge >= 0.3 is 0 Å². The Balaban J connectivity index is 2.44. The minimum atomic E-state index is 0.444. The van der Waals surface area contributed by atoms with Gasteiger partial charge in [0.25, 0.3) is 0 Å². The first kappa shape index (κ1) is 9.01. The quantitative estimate of drug-likeness (QED) is 0.618. The first-order chi connectivity index (χ1) is 5.11. The average molecular weight is 156 g/mol. The van der Waals surface area contributed by atoms with Gasteiger partial charge in [-0.3, -0.25) is 4.90 Å².